The molecular formula is C16H30O. The van der Waals surface area contributed by atoms with Crippen molar-refractivity contribution >= 4 is 0 Å². The largest absolute Gasteiger partial charge is 0.389 e. The molecule has 0 radical (unpaired) electrons. The molecular weight excluding hydrogens is 208 g/mol. The van der Waals surface area contributed by atoms with Crippen molar-refractivity contribution in [1.82, 2.24) is 0 Å². The van der Waals surface area contributed by atoms with Crippen LogP contribution in [0.25, 0.3) is 0 Å². The molecule has 0 heterocycles. The SMILES string of the molecule is CCC(C)C1(O)CCCCC1C1CCCCC1. The van der Waals surface area contributed by atoms with Crippen LogP contribution in [0.3, 0.4) is 0 Å². The maximum Gasteiger partial charge on any atom is 0.0703 e. The second kappa shape index (κ2) is 5.73. The van der Waals surface area contributed by atoms with E-state index >= 15 is 0 Å². The molecule has 1 heteroatoms. The molecule has 2 saturated carbocycles. The third-order valence-corrected chi connectivity index (χ3v) is 5.67. The fraction of sp³-hybridized carbons (Fsp3) is 1.00. The lowest BCUT2D eigenvalue weighted by atomic mass is 9.61. The predicted octanol–water partition coefficient (Wildman–Crippen LogP) is 4.53. The molecule has 0 aliphatic heterocycles. The molecule has 0 spiro atoms. The van der Waals surface area contributed by atoms with Gasteiger partial charge in [0.25, 0.3) is 0 Å². The lowest BCUT2D eigenvalue weighted by molar-refractivity contribution is -0.114. The third kappa shape index (κ3) is 2.70. The fourth-order valence-corrected chi connectivity index (χ4v) is 4.35. The molecule has 2 fully saturated rings. The molecule has 100 valence electrons. The molecule has 1 N–H and O–H groups in total. The van der Waals surface area contributed by atoms with Crippen LogP contribution >= 0.6 is 0 Å². The summed E-state index contributed by atoms with van der Waals surface area (Å²) in [6, 6.07) is 0. The maximum absolute atomic E-state index is 11.2. The van der Waals surface area contributed by atoms with Crippen LogP contribution in [0.1, 0.15) is 78.1 Å². The summed E-state index contributed by atoms with van der Waals surface area (Å²) in [6.07, 6.45) is 13.0. The van der Waals surface area contributed by atoms with Crippen LogP contribution < -0.4 is 0 Å². The van der Waals surface area contributed by atoms with Gasteiger partial charge < -0.3 is 5.11 Å². The zero-order valence-corrected chi connectivity index (χ0v) is 11.8. The highest BCUT2D eigenvalue weighted by Gasteiger charge is 2.45. The average Bonchev–Trinajstić information content (AvgIpc) is 2.39. The molecule has 3 atom stereocenters. The molecule has 2 aliphatic rings. The molecule has 3 unspecified atom stereocenters. The van der Waals surface area contributed by atoms with Gasteiger partial charge in [-0.3, -0.25) is 0 Å². The van der Waals surface area contributed by atoms with Gasteiger partial charge in [-0.25, -0.2) is 0 Å². The Hall–Kier alpha value is -0.0400. The van der Waals surface area contributed by atoms with Gasteiger partial charge in [-0.2, -0.15) is 0 Å². The van der Waals surface area contributed by atoms with Crippen LogP contribution in [0.4, 0.5) is 0 Å². The minimum absolute atomic E-state index is 0.338. The first kappa shape index (κ1) is 13.4. The molecule has 0 aromatic heterocycles. The van der Waals surface area contributed by atoms with Gasteiger partial charge in [-0.15, -0.1) is 0 Å². The summed E-state index contributed by atoms with van der Waals surface area (Å²) in [5, 5.41) is 11.2. The van der Waals surface area contributed by atoms with Crippen molar-refractivity contribution in [2.75, 3.05) is 0 Å². The summed E-state index contributed by atoms with van der Waals surface area (Å²) < 4.78 is 0. The number of hydrogen-bond donors (Lipinski definition) is 1. The summed E-state index contributed by atoms with van der Waals surface area (Å²) in [6.45, 7) is 4.50. The van der Waals surface area contributed by atoms with E-state index in [4.69, 9.17) is 0 Å². The van der Waals surface area contributed by atoms with Crippen LogP contribution in [-0.4, -0.2) is 10.7 Å². The van der Waals surface area contributed by atoms with Crippen LogP contribution in [0.5, 0.6) is 0 Å². The predicted molar refractivity (Wildman–Crippen MR) is 72.9 cm³/mol. The van der Waals surface area contributed by atoms with Crippen LogP contribution in [0, 0.1) is 17.8 Å². The Kier molecular flexibility index (Phi) is 4.52. The molecule has 17 heavy (non-hydrogen) atoms. The van der Waals surface area contributed by atoms with Gasteiger partial charge in [-0.05, 0) is 30.6 Å². The highest BCUT2D eigenvalue weighted by atomic mass is 16.3. The van der Waals surface area contributed by atoms with E-state index in [1.807, 2.05) is 0 Å². The van der Waals surface area contributed by atoms with Gasteiger partial charge in [0, 0.05) is 0 Å². The van der Waals surface area contributed by atoms with Gasteiger partial charge in [0.05, 0.1) is 5.60 Å². The van der Waals surface area contributed by atoms with E-state index in [1.165, 1.54) is 51.4 Å². The second-order valence-corrected chi connectivity index (χ2v) is 6.55. The van der Waals surface area contributed by atoms with Crippen molar-refractivity contribution in [3.05, 3.63) is 0 Å². The number of aliphatic hydroxyl groups is 1. The molecule has 2 rings (SSSR count). The normalized spacial score (nSPS) is 37.9. The summed E-state index contributed by atoms with van der Waals surface area (Å²) >= 11 is 0. The highest BCUT2D eigenvalue weighted by Crippen LogP contribution is 2.47. The van der Waals surface area contributed by atoms with Crippen molar-refractivity contribution in [2.24, 2.45) is 17.8 Å². The molecule has 1 nitrogen and oxygen atoms in total. The zero-order valence-electron chi connectivity index (χ0n) is 11.8. The summed E-state index contributed by atoms with van der Waals surface area (Å²) in [5.74, 6) is 1.91. The topological polar surface area (TPSA) is 20.2 Å². The van der Waals surface area contributed by atoms with Crippen molar-refractivity contribution < 1.29 is 5.11 Å². The zero-order chi connectivity index (χ0) is 12.3. The van der Waals surface area contributed by atoms with Gasteiger partial charge >= 0.3 is 0 Å². The standard InChI is InChI=1S/C16H30O/c1-3-13(2)16(17)12-8-7-11-15(16)14-9-5-4-6-10-14/h13-15,17H,3-12H2,1-2H3. The van der Waals surface area contributed by atoms with Gasteiger partial charge in [0.1, 0.15) is 0 Å². The first-order chi connectivity index (χ1) is 8.18. The molecule has 0 aromatic rings. The Balaban J connectivity index is 2.10. The van der Waals surface area contributed by atoms with Crippen molar-refractivity contribution in [3.8, 4) is 0 Å². The summed E-state index contributed by atoms with van der Waals surface area (Å²) in [7, 11) is 0. The first-order valence-corrected chi connectivity index (χ1v) is 7.91. The Bertz CT molecular complexity index is 232. The van der Waals surface area contributed by atoms with E-state index in [2.05, 4.69) is 13.8 Å². The van der Waals surface area contributed by atoms with Gasteiger partial charge in [0.2, 0.25) is 0 Å². The van der Waals surface area contributed by atoms with Gasteiger partial charge in [0.15, 0.2) is 0 Å². The van der Waals surface area contributed by atoms with E-state index in [0.29, 0.717) is 11.8 Å². The summed E-state index contributed by atoms with van der Waals surface area (Å²) in [4.78, 5) is 0. The van der Waals surface area contributed by atoms with E-state index in [0.717, 1.165) is 18.8 Å². The molecule has 0 amide bonds. The van der Waals surface area contributed by atoms with Gasteiger partial charge in [-0.1, -0.05) is 65.2 Å². The highest BCUT2D eigenvalue weighted by molar-refractivity contribution is 4.96. The number of hydrogen-bond acceptors (Lipinski definition) is 1. The third-order valence-electron chi connectivity index (χ3n) is 5.67. The molecule has 0 aromatic carbocycles. The second-order valence-electron chi connectivity index (χ2n) is 6.55. The Morgan fingerprint density at radius 2 is 1.71 bits per heavy atom. The lowest BCUT2D eigenvalue weighted by Crippen LogP contribution is -2.49. The molecule has 2 aliphatic carbocycles. The minimum atomic E-state index is -0.338. The quantitative estimate of drug-likeness (QED) is 0.765. The minimum Gasteiger partial charge on any atom is -0.389 e. The van der Waals surface area contributed by atoms with Crippen LogP contribution in [0.15, 0.2) is 0 Å². The van der Waals surface area contributed by atoms with Crippen molar-refractivity contribution in [1.29, 1.82) is 0 Å². The van der Waals surface area contributed by atoms with E-state index in [9.17, 15) is 5.11 Å². The monoisotopic (exact) mass is 238 g/mol. The smallest absolute Gasteiger partial charge is 0.0703 e. The van der Waals surface area contributed by atoms with Crippen LogP contribution in [0.2, 0.25) is 0 Å². The average molecular weight is 238 g/mol. The Morgan fingerprint density at radius 1 is 1.06 bits per heavy atom. The lowest BCUT2D eigenvalue weighted by Gasteiger charge is -2.48. The van der Waals surface area contributed by atoms with Crippen molar-refractivity contribution in [2.45, 2.75) is 83.7 Å². The molecule has 0 saturated heterocycles. The number of rotatable bonds is 3. The van der Waals surface area contributed by atoms with E-state index < -0.39 is 0 Å². The Labute approximate surface area is 107 Å². The fourth-order valence-electron chi connectivity index (χ4n) is 4.35. The molecule has 0 bridgehead atoms. The van der Waals surface area contributed by atoms with E-state index in [1.54, 1.807) is 0 Å². The maximum atomic E-state index is 11.2. The first-order valence-electron chi connectivity index (χ1n) is 7.91. The Morgan fingerprint density at radius 3 is 2.35 bits per heavy atom. The summed E-state index contributed by atoms with van der Waals surface area (Å²) in [5.41, 5.74) is -0.338. The van der Waals surface area contributed by atoms with E-state index in [-0.39, 0.29) is 5.60 Å². The van der Waals surface area contributed by atoms with Crippen molar-refractivity contribution in [3.63, 3.8) is 0 Å². The van der Waals surface area contributed by atoms with Crippen LogP contribution in [-0.2, 0) is 0 Å².